The van der Waals surface area contributed by atoms with E-state index in [0.29, 0.717) is 11.8 Å². The van der Waals surface area contributed by atoms with Crippen molar-refractivity contribution in [1.82, 2.24) is 25.1 Å². The van der Waals surface area contributed by atoms with E-state index >= 15 is 0 Å². The average molecular weight is 362 g/mol. The molecule has 138 valence electrons. The molecule has 7 heteroatoms. The number of aromatic nitrogens is 5. The number of anilines is 1. The molecule has 3 aromatic heterocycles. The lowest BCUT2D eigenvalue weighted by atomic mass is 9.96. The maximum Gasteiger partial charge on any atom is 0.229 e. The van der Waals surface area contributed by atoms with Crippen molar-refractivity contribution in [2.75, 3.05) is 18.0 Å². The van der Waals surface area contributed by atoms with Crippen molar-refractivity contribution < 1.29 is 4.52 Å². The molecule has 1 aliphatic carbocycles. The number of nitrogens with zero attached hydrogens (tertiary/aromatic N) is 6. The number of piperidine rings is 1. The lowest BCUT2D eigenvalue weighted by molar-refractivity contribution is 0.364. The molecule has 5 rings (SSSR count). The summed E-state index contributed by atoms with van der Waals surface area (Å²) in [5.74, 6) is 4.31. The Labute approximate surface area is 157 Å². The summed E-state index contributed by atoms with van der Waals surface area (Å²) in [6.07, 6.45) is 7.96. The van der Waals surface area contributed by atoms with Gasteiger partial charge in [-0.3, -0.25) is 4.98 Å². The van der Waals surface area contributed by atoms with E-state index in [4.69, 9.17) is 9.51 Å². The Bertz CT molecular complexity index is 929. The monoisotopic (exact) mass is 362 g/mol. The molecule has 2 fully saturated rings. The van der Waals surface area contributed by atoms with Gasteiger partial charge >= 0.3 is 0 Å². The van der Waals surface area contributed by atoms with Crippen LogP contribution in [0.25, 0.3) is 11.4 Å². The van der Waals surface area contributed by atoms with Crippen molar-refractivity contribution in [1.29, 1.82) is 0 Å². The molecule has 7 nitrogen and oxygen atoms in total. The van der Waals surface area contributed by atoms with Gasteiger partial charge in [0.15, 0.2) is 11.6 Å². The number of aryl methyl sites for hydroxylation is 1. The highest BCUT2D eigenvalue weighted by molar-refractivity contribution is 5.56. The van der Waals surface area contributed by atoms with Crippen molar-refractivity contribution in [2.24, 2.45) is 0 Å². The number of hydrogen-bond donors (Lipinski definition) is 0. The Hall–Kier alpha value is -2.83. The van der Waals surface area contributed by atoms with Crippen LogP contribution in [0.3, 0.4) is 0 Å². The van der Waals surface area contributed by atoms with Gasteiger partial charge in [0.25, 0.3) is 0 Å². The highest BCUT2D eigenvalue weighted by Crippen LogP contribution is 2.40. The van der Waals surface area contributed by atoms with Crippen molar-refractivity contribution >= 4 is 5.82 Å². The van der Waals surface area contributed by atoms with Crippen molar-refractivity contribution in [3.63, 3.8) is 0 Å². The minimum Gasteiger partial charge on any atom is -0.356 e. The van der Waals surface area contributed by atoms with E-state index in [9.17, 15) is 0 Å². The van der Waals surface area contributed by atoms with Gasteiger partial charge in [0, 0.05) is 54.6 Å². The van der Waals surface area contributed by atoms with E-state index in [0.717, 1.165) is 60.5 Å². The molecule has 0 bridgehead atoms. The van der Waals surface area contributed by atoms with Crippen LogP contribution in [0.15, 0.2) is 35.1 Å². The number of rotatable bonds is 4. The minimum atomic E-state index is 0.373. The maximum absolute atomic E-state index is 5.43. The van der Waals surface area contributed by atoms with E-state index in [1.165, 1.54) is 12.8 Å². The van der Waals surface area contributed by atoms with Crippen molar-refractivity contribution in [3.8, 4) is 11.4 Å². The summed E-state index contributed by atoms with van der Waals surface area (Å²) in [7, 11) is 0. The van der Waals surface area contributed by atoms with Gasteiger partial charge in [-0.2, -0.15) is 4.98 Å². The van der Waals surface area contributed by atoms with E-state index in [2.05, 4.69) is 31.1 Å². The molecule has 2 aliphatic rings. The number of hydrogen-bond acceptors (Lipinski definition) is 7. The Morgan fingerprint density at radius 3 is 2.63 bits per heavy atom. The maximum atomic E-state index is 5.43. The van der Waals surface area contributed by atoms with Crippen LogP contribution in [0, 0.1) is 6.92 Å². The second kappa shape index (κ2) is 6.72. The second-order valence-electron chi connectivity index (χ2n) is 7.46. The highest BCUT2D eigenvalue weighted by atomic mass is 16.5. The lowest BCUT2D eigenvalue weighted by Crippen LogP contribution is -2.34. The molecular weight excluding hydrogens is 340 g/mol. The predicted octanol–water partition coefficient (Wildman–Crippen LogP) is 3.49. The van der Waals surface area contributed by atoms with Crippen molar-refractivity contribution in [3.05, 3.63) is 48.0 Å². The fourth-order valence-corrected chi connectivity index (χ4v) is 3.61. The van der Waals surface area contributed by atoms with Crippen LogP contribution < -0.4 is 4.90 Å². The topological polar surface area (TPSA) is 80.8 Å². The Morgan fingerprint density at radius 2 is 1.89 bits per heavy atom. The van der Waals surface area contributed by atoms with Gasteiger partial charge in [-0.15, -0.1) is 0 Å². The molecule has 0 radical (unpaired) electrons. The zero-order chi connectivity index (χ0) is 18.2. The number of pyridine rings is 1. The normalized spacial score (nSPS) is 18.0. The van der Waals surface area contributed by atoms with Crippen molar-refractivity contribution in [2.45, 2.75) is 44.4 Å². The molecular formula is C20H22N6O. The van der Waals surface area contributed by atoms with Crippen LogP contribution in [-0.2, 0) is 0 Å². The molecule has 1 aliphatic heterocycles. The molecule has 27 heavy (non-hydrogen) atoms. The minimum absolute atomic E-state index is 0.373. The van der Waals surface area contributed by atoms with Gasteiger partial charge in [-0.1, -0.05) is 5.16 Å². The Balaban J connectivity index is 1.31. The largest absolute Gasteiger partial charge is 0.356 e. The Morgan fingerprint density at radius 1 is 1.04 bits per heavy atom. The van der Waals surface area contributed by atoms with Gasteiger partial charge < -0.3 is 9.42 Å². The van der Waals surface area contributed by atoms with Crippen LogP contribution in [0.4, 0.5) is 5.82 Å². The van der Waals surface area contributed by atoms with E-state index in [1.54, 1.807) is 12.4 Å². The first kappa shape index (κ1) is 16.4. The zero-order valence-electron chi connectivity index (χ0n) is 15.4. The van der Waals surface area contributed by atoms with Crippen LogP contribution in [-0.4, -0.2) is 38.2 Å². The summed E-state index contributed by atoms with van der Waals surface area (Å²) in [4.78, 5) is 20.5. The summed E-state index contributed by atoms with van der Waals surface area (Å²) >= 11 is 0. The molecule has 0 spiro atoms. The lowest BCUT2D eigenvalue weighted by Gasteiger charge is -2.31. The summed E-state index contributed by atoms with van der Waals surface area (Å²) in [6.45, 7) is 3.87. The van der Waals surface area contributed by atoms with Gasteiger partial charge in [0.1, 0.15) is 5.82 Å². The summed E-state index contributed by atoms with van der Waals surface area (Å²) in [5.41, 5.74) is 1.91. The highest BCUT2D eigenvalue weighted by Gasteiger charge is 2.32. The molecule has 0 unspecified atom stereocenters. The molecule has 1 saturated heterocycles. The third-order valence-electron chi connectivity index (χ3n) is 5.33. The van der Waals surface area contributed by atoms with E-state index in [1.807, 2.05) is 19.1 Å². The first-order valence-corrected chi connectivity index (χ1v) is 9.61. The fraction of sp³-hybridized carbons (Fsp3) is 0.450. The van der Waals surface area contributed by atoms with Crippen LogP contribution in [0.1, 0.15) is 54.9 Å². The van der Waals surface area contributed by atoms with Crippen LogP contribution in [0.2, 0.25) is 0 Å². The molecule has 0 N–H and O–H groups in total. The summed E-state index contributed by atoms with van der Waals surface area (Å²) < 4.78 is 5.43. The second-order valence-corrected chi connectivity index (χ2v) is 7.46. The van der Waals surface area contributed by atoms with E-state index < -0.39 is 0 Å². The van der Waals surface area contributed by atoms with E-state index in [-0.39, 0.29) is 0 Å². The standard InChI is InChI=1S/C20H22N6O/c1-13-11-17(23-18(22-13)16-3-2-8-21-12-16)26-9-6-14(7-10-26)19-24-20(27-25-19)15-4-5-15/h2-3,8,11-12,14-15H,4-7,9-10H2,1H3. The van der Waals surface area contributed by atoms with Crippen LogP contribution in [0.5, 0.6) is 0 Å². The smallest absolute Gasteiger partial charge is 0.229 e. The van der Waals surface area contributed by atoms with Gasteiger partial charge in [-0.25, -0.2) is 9.97 Å². The molecule has 3 aromatic rings. The molecule has 0 atom stereocenters. The third kappa shape index (κ3) is 3.41. The van der Waals surface area contributed by atoms with Crippen LogP contribution >= 0.6 is 0 Å². The fourth-order valence-electron chi connectivity index (χ4n) is 3.61. The Kier molecular flexibility index (Phi) is 4.07. The zero-order valence-corrected chi connectivity index (χ0v) is 15.4. The predicted molar refractivity (Wildman–Crippen MR) is 100 cm³/mol. The molecule has 0 amide bonds. The average Bonchev–Trinajstić information content (AvgIpc) is 3.45. The molecule has 0 aromatic carbocycles. The summed E-state index contributed by atoms with van der Waals surface area (Å²) in [5, 5.41) is 4.23. The first-order valence-electron chi connectivity index (χ1n) is 9.61. The molecule has 4 heterocycles. The summed E-state index contributed by atoms with van der Waals surface area (Å²) in [6, 6.07) is 5.96. The quantitative estimate of drug-likeness (QED) is 0.702. The SMILES string of the molecule is Cc1cc(N2CCC(c3noc(C4CC4)n3)CC2)nc(-c2cccnc2)n1. The van der Waals surface area contributed by atoms with Gasteiger partial charge in [-0.05, 0) is 44.7 Å². The first-order chi connectivity index (χ1) is 13.3. The van der Waals surface area contributed by atoms with Gasteiger partial charge in [0.05, 0.1) is 0 Å². The molecule has 1 saturated carbocycles. The van der Waals surface area contributed by atoms with Gasteiger partial charge in [0.2, 0.25) is 5.89 Å². The third-order valence-corrected chi connectivity index (χ3v) is 5.33.